The fraction of sp³-hybridized carbons (Fsp3) is 0.667. The minimum absolute atomic E-state index is 0. The molecule has 0 saturated carbocycles. The Labute approximate surface area is 104 Å². The molecule has 8 heavy (non-hydrogen) atoms. The maximum Gasteiger partial charge on any atom is 0 e. The minimum atomic E-state index is 0. The topological polar surface area (TPSA) is 0 Å². The maximum atomic E-state index is 2.00. The van der Waals surface area contributed by atoms with Gasteiger partial charge >= 0.3 is 0 Å². The summed E-state index contributed by atoms with van der Waals surface area (Å²) in [6.45, 7) is 8.00. The van der Waals surface area contributed by atoms with Crippen molar-refractivity contribution in [3.05, 3.63) is 12.8 Å². The van der Waals surface area contributed by atoms with E-state index in [2.05, 4.69) is 0 Å². The van der Waals surface area contributed by atoms with Gasteiger partial charge in [-0.15, -0.1) is 0 Å². The Balaban J connectivity index is -0.0000000160. The van der Waals surface area contributed by atoms with Crippen molar-refractivity contribution in [2.24, 2.45) is 0 Å². The Kier molecular flexibility index (Phi) is 98.4. The first kappa shape index (κ1) is 22.5. The van der Waals surface area contributed by atoms with Gasteiger partial charge in [0.1, 0.15) is 0 Å². The summed E-state index contributed by atoms with van der Waals surface area (Å²) in [7, 11) is 0. The average Bonchev–Trinajstić information content (AvgIpc) is 1.39. The second-order valence-electron chi connectivity index (χ2n) is 1.15. The Morgan fingerprint density at radius 2 is 0.625 bits per heavy atom. The van der Waals surface area contributed by atoms with Crippen molar-refractivity contribution in [3.8, 4) is 0 Å². The number of hydrogen-bond donors (Lipinski definition) is 0. The van der Waals surface area contributed by atoms with Crippen LogP contribution in [0.2, 0.25) is 0 Å². The number of rotatable bonds is 0. The van der Waals surface area contributed by atoms with Crippen LogP contribution in [0.3, 0.4) is 0 Å². The van der Waals surface area contributed by atoms with Crippen LogP contribution in [0.15, 0.2) is 0 Å². The molecule has 0 aromatic rings. The standard InChI is InChI=1S/2C3H7.2Y/c2*1-3-2;;/h2*3H,1-2H3;;/q2*-1;;. The van der Waals surface area contributed by atoms with Gasteiger partial charge in [-0.05, 0) is 0 Å². The third-order valence-electron chi connectivity index (χ3n) is 0. The van der Waals surface area contributed by atoms with Gasteiger partial charge in [0.25, 0.3) is 0 Å². The average molecular weight is 264 g/mol. The van der Waals surface area contributed by atoms with Crippen molar-refractivity contribution in [2.75, 3.05) is 0 Å². The van der Waals surface area contributed by atoms with E-state index in [0.717, 1.165) is 0 Å². The van der Waals surface area contributed by atoms with E-state index in [-0.39, 0.29) is 65.4 Å². The SMILES string of the molecule is C[CH-]C.C[CH-]C.[Y].[Y]. The van der Waals surface area contributed by atoms with E-state index in [4.69, 9.17) is 0 Å². The smallest absolute Gasteiger partial charge is 0 e. The van der Waals surface area contributed by atoms with E-state index in [1.54, 1.807) is 0 Å². The molecule has 0 amide bonds. The summed E-state index contributed by atoms with van der Waals surface area (Å²) in [5, 5.41) is 0. The van der Waals surface area contributed by atoms with Crippen molar-refractivity contribution in [2.45, 2.75) is 27.7 Å². The van der Waals surface area contributed by atoms with Crippen molar-refractivity contribution >= 4 is 0 Å². The van der Waals surface area contributed by atoms with E-state index < -0.39 is 0 Å². The second kappa shape index (κ2) is 35.0. The summed E-state index contributed by atoms with van der Waals surface area (Å²) < 4.78 is 0. The van der Waals surface area contributed by atoms with Gasteiger partial charge in [-0.3, -0.25) is 0 Å². The van der Waals surface area contributed by atoms with E-state index in [0.29, 0.717) is 0 Å². The molecule has 0 aliphatic heterocycles. The van der Waals surface area contributed by atoms with Crippen molar-refractivity contribution in [3.63, 3.8) is 0 Å². The summed E-state index contributed by atoms with van der Waals surface area (Å²) in [5.74, 6) is 0. The molecule has 0 bridgehead atoms. The first-order chi connectivity index (χ1) is 2.83. The van der Waals surface area contributed by atoms with Crippen molar-refractivity contribution in [1.82, 2.24) is 0 Å². The van der Waals surface area contributed by atoms with E-state index >= 15 is 0 Å². The predicted octanol–water partition coefficient (Wildman–Crippen LogP) is 2.46. The van der Waals surface area contributed by atoms with E-state index in [1.807, 2.05) is 40.5 Å². The van der Waals surface area contributed by atoms with Gasteiger partial charge in [0.2, 0.25) is 0 Å². The molecular formula is C6H14Y2-2. The van der Waals surface area contributed by atoms with Crippen LogP contribution in [0.25, 0.3) is 0 Å². The molecule has 0 unspecified atom stereocenters. The molecule has 0 N–H and O–H groups in total. The Bertz CT molecular complexity index is 8.49. The largest absolute Gasteiger partial charge is 0.335 e. The molecule has 0 aromatic heterocycles. The maximum absolute atomic E-state index is 2.00. The fourth-order valence-corrected chi connectivity index (χ4v) is 0. The van der Waals surface area contributed by atoms with Crippen LogP contribution in [-0.4, -0.2) is 0 Å². The summed E-state index contributed by atoms with van der Waals surface area (Å²) in [4.78, 5) is 0. The second-order valence-corrected chi connectivity index (χ2v) is 1.15. The molecule has 0 fully saturated rings. The Morgan fingerprint density at radius 3 is 0.625 bits per heavy atom. The van der Waals surface area contributed by atoms with Gasteiger partial charge in [-0.1, -0.05) is 0 Å². The summed E-state index contributed by atoms with van der Waals surface area (Å²) >= 11 is 0. The summed E-state index contributed by atoms with van der Waals surface area (Å²) in [5.41, 5.74) is 0. The van der Waals surface area contributed by atoms with Crippen LogP contribution in [0.1, 0.15) is 27.7 Å². The molecule has 0 aliphatic carbocycles. The van der Waals surface area contributed by atoms with E-state index in [9.17, 15) is 0 Å². The zero-order chi connectivity index (χ0) is 5.41. The van der Waals surface area contributed by atoms with Crippen molar-refractivity contribution in [1.29, 1.82) is 0 Å². The third kappa shape index (κ3) is 87.5. The van der Waals surface area contributed by atoms with E-state index in [1.165, 1.54) is 0 Å². The quantitative estimate of drug-likeness (QED) is 0.589. The predicted molar refractivity (Wildman–Crippen MR) is 31.3 cm³/mol. The Hall–Kier alpha value is 2.21. The van der Waals surface area contributed by atoms with Gasteiger partial charge in [0.15, 0.2) is 0 Å². The summed E-state index contributed by atoms with van der Waals surface area (Å²) in [6.07, 6.45) is 4.00. The zero-order valence-corrected chi connectivity index (χ0v) is 12.0. The fourth-order valence-electron chi connectivity index (χ4n) is 0. The molecule has 2 heteroatoms. The molecule has 0 atom stereocenters. The summed E-state index contributed by atoms with van der Waals surface area (Å²) in [6, 6.07) is 0. The first-order valence-corrected chi connectivity index (χ1v) is 2.31. The number of hydrogen-bond acceptors (Lipinski definition) is 0. The van der Waals surface area contributed by atoms with Gasteiger partial charge < -0.3 is 12.8 Å². The van der Waals surface area contributed by atoms with Gasteiger partial charge in [-0.2, -0.15) is 27.7 Å². The molecule has 2 radical (unpaired) electrons. The monoisotopic (exact) mass is 264 g/mol. The molecular weight excluding hydrogens is 250 g/mol. The van der Waals surface area contributed by atoms with Gasteiger partial charge in [0, 0.05) is 65.4 Å². The molecule has 0 aromatic carbocycles. The van der Waals surface area contributed by atoms with Crippen molar-refractivity contribution < 1.29 is 65.4 Å². The van der Waals surface area contributed by atoms with Gasteiger partial charge in [0.05, 0.1) is 0 Å². The molecule has 46 valence electrons. The molecule has 0 aliphatic rings. The van der Waals surface area contributed by atoms with Gasteiger partial charge in [-0.25, -0.2) is 0 Å². The van der Waals surface area contributed by atoms with Crippen LogP contribution in [0.5, 0.6) is 0 Å². The molecule has 0 heterocycles. The van der Waals surface area contributed by atoms with Crippen LogP contribution in [0.4, 0.5) is 0 Å². The zero-order valence-electron chi connectivity index (χ0n) is 6.31. The van der Waals surface area contributed by atoms with Crippen LogP contribution in [0, 0.1) is 12.8 Å². The Morgan fingerprint density at radius 1 is 0.625 bits per heavy atom. The third-order valence-corrected chi connectivity index (χ3v) is 0. The normalized spacial score (nSPS) is 4.50. The molecule has 0 nitrogen and oxygen atoms in total. The van der Waals surface area contributed by atoms with Crippen LogP contribution < -0.4 is 0 Å². The minimum Gasteiger partial charge on any atom is -0.335 e. The first-order valence-electron chi connectivity index (χ1n) is 2.31. The molecule has 0 saturated heterocycles. The molecule has 0 spiro atoms. The molecule has 0 rings (SSSR count). The van der Waals surface area contributed by atoms with Crippen LogP contribution >= 0.6 is 0 Å². The van der Waals surface area contributed by atoms with Crippen LogP contribution in [-0.2, 0) is 65.4 Å².